The van der Waals surface area contributed by atoms with Crippen LogP contribution < -0.4 is 11.1 Å². The van der Waals surface area contributed by atoms with Crippen LogP contribution in [0.15, 0.2) is 47.8 Å². The highest BCUT2D eigenvalue weighted by Gasteiger charge is 2.20. The Labute approximate surface area is 123 Å². The molecule has 0 spiro atoms. The van der Waals surface area contributed by atoms with E-state index in [0.717, 1.165) is 12.0 Å². The van der Waals surface area contributed by atoms with Crippen LogP contribution in [0, 0.1) is 0 Å². The van der Waals surface area contributed by atoms with Crippen molar-refractivity contribution in [2.24, 2.45) is 5.73 Å². The number of amides is 1. The van der Waals surface area contributed by atoms with E-state index >= 15 is 0 Å². The minimum Gasteiger partial charge on any atom is -0.353 e. The highest BCUT2D eigenvalue weighted by Crippen LogP contribution is 2.15. The van der Waals surface area contributed by atoms with E-state index < -0.39 is 0 Å². The lowest BCUT2D eigenvalue weighted by Gasteiger charge is -2.19. The molecule has 3 N–H and O–H groups in total. The maximum absolute atomic E-state index is 12.3. The third-order valence-electron chi connectivity index (χ3n) is 3.23. The molecular weight excluding hydrogens is 268 g/mol. The van der Waals surface area contributed by atoms with Gasteiger partial charge in [-0.05, 0) is 23.9 Å². The summed E-state index contributed by atoms with van der Waals surface area (Å²) < 4.78 is 0. The summed E-state index contributed by atoms with van der Waals surface area (Å²) in [5, 5.41) is 5.11. The molecule has 0 aliphatic heterocycles. The lowest BCUT2D eigenvalue weighted by Crippen LogP contribution is -2.39. The first-order valence-corrected chi connectivity index (χ1v) is 7.66. The number of nitrogens with one attached hydrogen (secondary N) is 1. The molecule has 2 aromatic rings. The molecule has 3 nitrogen and oxygen atoms in total. The maximum atomic E-state index is 12.3. The van der Waals surface area contributed by atoms with Gasteiger partial charge in [-0.1, -0.05) is 36.4 Å². The van der Waals surface area contributed by atoms with E-state index in [1.165, 1.54) is 4.88 Å². The first kappa shape index (κ1) is 14.8. The summed E-state index contributed by atoms with van der Waals surface area (Å²) in [6, 6.07) is 13.9. The van der Waals surface area contributed by atoms with Crippen LogP contribution in [0.5, 0.6) is 0 Å². The van der Waals surface area contributed by atoms with Crippen LogP contribution in [0.4, 0.5) is 0 Å². The second-order valence-electron chi connectivity index (χ2n) is 4.89. The number of thiophene rings is 1. The molecule has 2 unspecified atom stereocenters. The van der Waals surface area contributed by atoms with Crippen LogP contribution in [0.3, 0.4) is 0 Å². The Bertz CT molecular complexity index is 525. The van der Waals surface area contributed by atoms with E-state index in [2.05, 4.69) is 16.8 Å². The smallest absolute Gasteiger partial charge is 0.229 e. The molecule has 0 bridgehead atoms. The Morgan fingerprint density at radius 2 is 2.00 bits per heavy atom. The maximum Gasteiger partial charge on any atom is 0.229 e. The molecule has 0 aliphatic rings. The van der Waals surface area contributed by atoms with Gasteiger partial charge in [-0.2, -0.15) is 0 Å². The van der Waals surface area contributed by atoms with Gasteiger partial charge in [0.25, 0.3) is 0 Å². The molecule has 0 radical (unpaired) electrons. The second kappa shape index (κ2) is 7.22. The van der Waals surface area contributed by atoms with Crippen molar-refractivity contribution in [2.45, 2.75) is 25.3 Å². The summed E-state index contributed by atoms with van der Waals surface area (Å²) in [6.07, 6.45) is 0.857. The number of rotatable bonds is 6. The van der Waals surface area contributed by atoms with Crippen LogP contribution in [-0.4, -0.2) is 18.5 Å². The largest absolute Gasteiger partial charge is 0.353 e. The zero-order chi connectivity index (χ0) is 14.4. The minimum absolute atomic E-state index is 0.00255. The predicted octanol–water partition coefficient (Wildman–Crippen LogP) is 2.54. The van der Waals surface area contributed by atoms with E-state index in [1.807, 2.05) is 43.3 Å². The number of carbonyl (C=O) groups excluding carboxylic acids is 1. The highest BCUT2D eigenvalue weighted by molar-refractivity contribution is 7.09. The average Bonchev–Trinajstić information content (AvgIpc) is 2.93. The van der Waals surface area contributed by atoms with Gasteiger partial charge >= 0.3 is 0 Å². The van der Waals surface area contributed by atoms with Gasteiger partial charge in [-0.3, -0.25) is 4.79 Å². The minimum atomic E-state index is -0.276. The van der Waals surface area contributed by atoms with Crippen molar-refractivity contribution in [3.63, 3.8) is 0 Å². The zero-order valence-corrected chi connectivity index (χ0v) is 12.4. The third kappa shape index (κ3) is 3.92. The molecule has 1 aromatic heterocycles. The summed E-state index contributed by atoms with van der Waals surface area (Å²) >= 11 is 1.71. The Hall–Kier alpha value is -1.65. The fourth-order valence-corrected chi connectivity index (χ4v) is 3.04. The molecule has 1 amide bonds. The molecule has 0 aliphatic carbocycles. The van der Waals surface area contributed by atoms with Crippen LogP contribution in [-0.2, 0) is 11.2 Å². The van der Waals surface area contributed by atoms with Crippen LogP contribution in [0.25, 0.3) is 0 Å². The normalized spacial score (nSPS) is 13.7. The van der Waals surface area contributed by atoms with Crippen LogP contribution in [0.1, 0.15) is 23.3 Å². The van der Waals surface area contributed by atoms with Crippen molar-refractivity contribution in [3.05, 3.63) is 58.3 Å². The van der Waals surface area contributed by atoms with Crippen LogP contribution >= 0.6 is 11.3 Å². The number of benzene rings is 1. The van der Waals surface area contributed by atoms with E-state index in [1.54, 1.807) is 11.3 Å². The Morgan fingerprint density at radius 3 is 2.60 bits per heavy atom. The SMILES string of the molecule is CC(Cc1cccs1)NC(=O)C(CN)c1ccccc1. The van der Waals surface area contributed by atoms with E-state index in [0.29, 0.717) is 6.54 Å². The molecule has 1 aromatic carbocycles. The lowest BCUT2D eigenvalue weighted by atomic mass is 9.98. The quantitative estimate of drug-likeness (QED) is 0.858. The van der Waals surface area contributed by atoms with E-state index in [9.17, 15) is 4.79 Å². The van der Waals surface area contributed by atoms with Gasteiger partial charge in [0.1, 0.15) is 0 Å². The summed E-state index contributed by atoms with van der Waals surface area (Å²) in [6.45, 7) is 2.34. The second-order valence-corrected chi connectivity index (χ2v) is 5.92. The van der Waals surface area contributed by atoms with Gasteiger partial charge in [-0.25, -0.2) is 0 Å². The molecule has 2 atom stereocenters. The van der Waals surface area contributed by atoms with Gasteiger partial charge in [0.15, 0.2) is 0 Å². The van der Waals surface area contributed by atoms with Crippen LogP contribution in [0.2, 0.25) is 0 Å². The van der Waals surface area contributed by atoms with Gasteiger partial charge in [0, 0.05) is 23.9 Å². The molecule has 106 valence electrons. The van der Waals surface area contributed by atoms with Crippen molar-refractivity contribution in [1.82, 2.24) is 5.32 Å². The van der Waals surface area contributed by atoms with Crippen molar-refractivity contribution in [2.75, 3.05) is 6.54 Å². The Balaban J connectivity index is 1.95. The summed E-state index contributed by atoms with van der Waals surface area (Å²) in [5.74, 6) is -0.273. The lowest BCUT2D eigenvalue weighted by molar-refractivity contribution is -0.122. The van der Waals surface area contributed by atoms with Crippen molar-refractivity contribution >= 4 is 17.2 Å². The van der Waals surface area contributed by atoms with Gasteiger partial charge < -0.3 is 11.1 Å². The monoisotopic (exact) mass is 288 g/mol. The average molecular weight is 288 g/mol. The number of hydrogen-bond acceptors (Lipinski definition) is 3. The topological polar surface area (TPSA) is 55.1 Å². The summed E-state index contributed by atoms with van der Waals surface area (Å²) in [4.78, 5) is 13.6. The van der Waals surface area contributed by atoms with E-state index in [-0.39, 0.29) is 17.9 Å². The van der Waals surface area contributed by atoms with Gasteiger partial charge in [0.05, 0.1) is 5.92 Å². The summed E-state index contributed by atoms with van der Waals surface area (Å²) in [7, 11) is 0. The van der Waals surface area contributed by atoms with Crippen molar-refractivity contribution in [3.8, 4) is 0 Å². The third-order valence-corrected chi connectivity index (χ3v) is 4.13. The highest BCUT2D eigenvalue weighted by atomic mass is 32.1. The zero-order valence-electron chi connectivity index (χ0n) is 11.6. The fraction of sp³-hybridized carbons (Fsp3) is 0.312. The predicted molar refractivity (Wildman–Crippen MR) is 83.9 cm³/mol. The van der Waals surface area contributed by atoms with E-state index in [4.69, 9.17) is 5.73 Å². The molecule has 0 saturated carbocycles. The van der Waals surface area contributed by atoms with Gasteiger partial charge in [0.2, 0.25) is 5.91 Å². The first-order valence-electron chi connectivity index (χ1n) is 6.78. The molecule has 1 heterocycles. The molecule has 2 rings (SSSR count). The number of hydrogen-bond donors (Lipinski definition) is 2. The molecule has 0 saturated heterocycles. The first-order chi connectivity index (χ1) is 9.70. The molecule has 20 heavy (non-hydrogen) atoms. The fourth-order valence-electron chi connectivity index (χ4n) is 2.20. The van der Waals surface area contributed by atoms with Gasteiger partial charge in [-0.15, -0.1) is 11.3 Å². The van der Waals surface area contributed by atoms with Crippen molar-refractivity contribution < 1.29 is 4.79 Å². The molecule has 0 fully saturated rings. The Kier molecular flexibility index (Phi) is 5.32. The number of nitrogens with two attached hydrogens (primary N) is 1. The standard InChI is InChI=1S/C16H20N2OS/c1-12(10-14-8-5-9-20-14)18-16(19)15(11-17)13-6-3-2-4-7-13/h2-9,12,15H,10-11,17H2,1H3,(H,18,19). The number of carbonyl (C=O) groups is 1. The molecular formula is C16H20N2OS. The Morgan fingerprint density at radius 1 is 1.25 bits per heavy atom. The summed E-state index contributed by atoms with van der Waals surface area (Å²) in [5.41, 5.74) is 6.73. The van der Waals surface area contributed by atoms with Crippen molar-refractivity contribution in [1.29, 1.82) is 0 Å². The molecule has 4 heteroatoms.